The number of nitrogens with one attached hydrogen (secondary N) is 1. The Hall–Kier alpha value is -1.77. The van der Waals surface area contributed by atoms with Crippen molar-refractivity contribution in [1.29, 1.82) is 5.26 Å². The Morgan fingerprint density at radius 3 is 2.90 bits per heavy atom. The maximum atomic E-state index is 12.2. The molecule has 2 rings (SSSR count). The van der Waals surface area contributed by atoms with Gasteiger partial charge in [-0.1, -0.05) is 24.3 Å². The van der Waals surface area contributed by atoms with Gasteiger partial charge in [0.15, 0.2) is 0 Å². The van der Waals surface area contributed by atoms with E-state index in [0.717, 1.165) is 5.75 Å². The zero-order valence-electron chi connectivity index (χ0n) is 11.9. The molecule has 1 atom stereocenters. The number of carbonyl (C=O) groups excluding carboxylic acids is 1. The molecule has 0 bridgehead atoms. The molecule has 0 aliphatic rings. The third-order valence-corrected chi connectivity index (χ3v) is 5.16. The summed E-state index contributed by atoms with van der Waals surface area (Å²) in [5.41, 5.74) is 3.00. The molecule has 5 heteroatoms. The molecule has 1 heterocycles. The van der Waals surface area contributed by atoms with E-state index in [1.54, 1.807) is 23.2 Å². The quantitative estimate of drug-likeness (QED) is 0.900. The van der Waals surface area contributed by atoms with Gasteiger partial charge >= 0.3 is 0 Å². The number of hydrogen-bond acceptors (Lipinski definition) is 4. The molecule has 21 heavy (non-hydrogen) atoms. The molecule has 1 N–H and O–H groups in total. The molecular formula is C16H16N2OS2. The number of nitrogens with zero attached hydrogens (tertiary/aromatic N) is 1. The molecule has 0 radical (unpaired) electrons. The molecule has 0 fully saturated rings. The van der Waals surface area contributed by atoms with Gasteiger partial charge in [-0.25, -0.2) is 0 Å². The third kappa shape index (κ3) is 4.10. The van der Waals surface area contributed by atoms with E-state index in [-0.39, 0.29) is 11.2 Å². The van der Waals surface area contributed by atoms with Crippen LogP contribution in [0.25, 0.3) is 0 Å². The van der Waals surface area contributed by atoms with Crippen LogP contribution in [0.3, 0.4) is 0 Å². The van der Waals surface area contributed by atoms with Gasteiger partial charge in [0.25, 0.3) is 0 Å². The number of amides is 1. The second-order valence-corrected chi connectivity index (χ2v) is 6.89. The number of thiophene rings is 1. The maximum Gasteiger partial charge on any atom is 0.237 e. The van der Waals surface area contributed by atoms with E-state index in [4.69, 9.17) is 5.26 Å². The highest BCUT2D eigenvalue weighted by Gasteiger charge is 2.16. The molecule has 1 aromatic heterocycles. The van der Waals surface area contributed by atoms with Crippen molar-refractivity contribution in [3.8, 4) is 6.07 Å². The highest BCUT2D eigenvalue weighted by Crippen LogP contribution is 2.25. The number of nitriles is 1. The minimum Gasteiger partial charge on any atom is -0.316 e. The van der Waals surface area contributed by atoms with E-state index >= 15 is 0 Å². The fourth-order valence-electron chi connectivity index (χ4n) is 1.77. The number of carbonyl (C=O) groups is 1. The van der Waals surface area contributed by atoms with Crippen LogP contribution >= 0.6 is 23.1 Å². The van der Waals surface area contributed by atoms with Crippen molar-refractivity contribution in [3.63, 3.8) is 0 Å². The zero-order valence-corrected chi connectivity index (χ0v) is 13.6. The Labute approximate surface area is 133 Å². The minimum absolute atomic E-state index is 0.0625. The Kier molecular flexibility index (Phi) is 5.43. The summed E-state index contributed by atoms with van der Waals surface area (Å²) in [5, 5.41) is 14.0. The smallest absolute Gasteiger partial charge is 0.237 e. The summed E-state index contributed by atoms with van der Waals surface area (Å²) in [6.07, 6.45) is 0. The van der Waals surface area contributed by atoms with E-state index < -0.39 is 0 Å². The van der Waals surface area contributed by atoms with Crippen LogP contribution in [0.5, 0.6) is 0 Å². The molecule has 108 valence electrons. The molecule has 0 aliphatic carbocycles. The van der Waals surface area contributed by atoms with Crippen LogP contribution in [0.2, 0.25) is 0 Å². The fourth-order valence-corrected chi connectivity index (χ4v) is 3.47. The topological polar surface area (TPSA) is 52.9 Å². The normalized spacial score (nSPS) is 11.7. The van der Waals surface area contributed by atoms with Gasteiger partial charge in [-0.15, -0.1) is 23.1 Å². The van der Waals surface area contributed by atoms with Gasteiger partial charge in [0.1, 0.15) is 11.1 Å². The summed E-state index contributed by atoms with van der Waals surface area (Å²) in [4.78, 5) is 12.2. The molecule has 0 saturated carbocycles. The molecule has 3 nitrogen and oxygen atoms in total. The van der Waals surface area contributed by atoms with Gasteiger partial charge in [0.05, 0.1) is 10.8 Å². The Bertz CT molecular complexity index is 673. The lowest BCUT2D eigenvalue weighted by atomic mass is 10.1. The summed E-state index contributed by atoms with van der Waals surface area (Å²) in [5.74, 6) is 0.740. The summed E-state index contributed by atoms with van der Waals surface area (Å²) < 4.78 is 0. The molecule has 0 unspecified atom stereocenters. The average Bonchev–Trinajstić information content (AvgIpc) is 2.93. The molecule has 0 aliphatic heterocycles. The third-order valence-electron chi connectivity index (χ3n) is 3.14. The summed E-state index contributed by atoms with van der Waals surface area (Å²) in [7, 11) is 0. The summed E-state index contributed by atoms with van der Waals surface area (Å²) in [6.45, 7) is 3.96. The Morgan fingerprint density at radius 1 is 1.43 bits per heavy atom. The van der Waals surface area contributed by atoms with Crippen molar-refractivity contribution < 1.29 is 4.79 Å². The van der Waals surface area contributed by atoms with Crippen LogP contribution in [0.4, 0.5) is 5.00 Å². The highest BCUT2D eigenvalue weighted by atomic mass is 32.2. The average molecular weight is 316 g/mol. The molecule has 1 amide bonds. The summed E-state index contributed by atoms with van der Waals surface area (Å²) >= 11 is 2.97. The van der Waals surface area contributed by atoms with Crippen molar-refractivity contribution in [1.82, 2.24) is 0 Å². The first-order valence-electron chi connectivity index (χ1n) is 6.56. The van der Waals surface area contributed by atoms with Crippen LogP contribution < -0.4 is 5.32 Å². The zero-order chi connectivity index (χ0) is 15.2. The maximum absolute atomic E-state index is 12.2. The lowest BCUT2D eigenvalue weighted by Gasteiger charge is -2.12. The summed E-state index contributed by atoms with van der Waals surface area (Å²) in [6, 6.07) is 12.0. The minimum atomic E-state index is -0.168. The highest BCUT2D eigenvalue weighted by molar-refractivity contribution is 7.99. The molecule has 1 aromatic carbocycles. The van der Waals surface area contributed by atoms with Crippen LogP contribution in [0, 0.1) is 18.3 Å². The first-order chi connectivity index (χ1) is 10.1. The monoisotopic (exact) mass is 316 g/mol. The van der Waals surface area contributed by atoms with Gasteiger partial charge in [0.2, 0.25) is 5.91 Å². The SMILES string of the molecule is Cc1ccccc1CS[C@H](C)C(=O)Nc1sccc1C#N. The Morgan fingerprint density at radius 2 is 2.19 bits per heavy atom. The second-order valence-electron chi connectivity index (χ2n) is 4.64. The number of hydrogen-bond donors (Lipinski definition) is 1. The largest absolute Gasteiger partial charge is 0.316 e. The predicted molar refractivity (Wildman–Crippen MR) is 89.6 cm³/mol. The molecule has 0 spiro atoms. The molecular weight excluding hydrogens is 300 g/mol. The number of aryl methyl sites for hydroxylation is 1. The van der Waals surface area contributed by atoms with E-state index in [1.807, 2.05) is 19.1 Å². The number of benzene rings is 1. The lowest BCUT2D eigenvalue weighted by molar-refractivity contribution is -0.115. The molecule has 2 aromatic rings. The number of anilines is 1. The molecule has 0 saturated heterocycles. The van der Waals surface area contributed by atoms with E-state index in [1.165, 1.54) is 22.5 Å². The van der Waals surface area contributed by atoms with Gasteiger partial charge in [-0.3, -0.25) is 4.79 Å². The van der Waals surface area contributed by atoms with Gasteiger partial charge < -0.3 is 5.32 Å². The van der Waals surface area contributed by atoms with E-state index in [9.17, 15) is 4.79 Å². The first kappa shape index (κ1) is 15.6. The second kappa shape index (κ2) is 7.30. The van der Waals surface area contributed by atoms with Crippen LogP contribution in [0.1, 0.15) is 23.6 Å². The van der Waals surface area contributed by atoms with Crippen molar-refractivity contribution in [3.05, 3.63) is 52.4 Å². The van der Waals surface area contributed by atoms with E-state index in [2.05, 4.69) is 30.4 Å². The van der Waals surface area contributed by atoms with Gasteiger partial charge in [-0.05, 0) is 36.4 Å². The Balaban J connectivity index is 1.92. The standard InChI is InChI=1S/C16H16N2OS2/c1-11-5-3-4-6-14(11)10-21-12(2)15(19)18-16-13(9-17)7-8-20-16/h3-8,12H,10H2,1-2H3,(H,18,19)/t12-/m1/s1. The van der Waals surface area contributed by atoms with Crippen molar-refractivity contribution in [2.24, 2.45) is 0 Å². The van der Waals surface area contributed by atoms with Crippen LogP contribution in [0.15, 0.2) is 35.7 Å². The van der Waals surface area contributed by atoms with Crippen LogP contribution in [-0.4, -0.2) is 11.2 Å². The number of rotatable bonds is 5. The van der Waals surface area contributed by atoms with Gasteiger partial charge in [0, 0.05) is 5.75 Å². The van der Waals surface area contributed by atoms with Crippen molar-refractivity contribution in [2.75, 3.05) is 5.32 Å². The van der Waals surface area contributed by atoms with Gasteiger partial charge in [-0.2, -0.15) is 5.26 Å². The lowest BCUT2D eigenvalue weighted by Crippen LogP contribution is -2.22. The van der Waals surface area contributed by atoms with Crippen LogP contribution in [-0.2, 0) is 10.5 Å². The number of thioether (sulfide) groups is 1. The van der Waals surface area contributed by atoms with Crippen molar-refractivity contribution >= 4 is 34.0 Å². The first-order valence-corrected chi connectivity index (χ1v) is 8.49. The van der Waals surface area contributed by atoms with Crippen molar-refractivity contribution in [2.45, 2.75) is 24.9 Å². The predicted octanol–water partition coefficient (Wildman–Crippen LogP) is 4.19. The fraction of sp³-hybridized carbons (Fsp3) is 0.250. The van der Waals surface area contributed by atoms with E-state index in [0.29, 0.717) is 10.6 Å².